The second-order valence-electron chi connectivity index (χ2n) is 4.45. The molecule has 0 aromatic heterocycles. The Morgan fingerprint density at radius 3 is 1.95 bits per heavy atom. The lowest BCUT2D eigenvalue weighted by Crippen LogP contribution is -2.31. The van der Waals surface area contributed by atoms with E-state index in [2.05, 4.69) is 5.32 Å². The number of carbonyl (C=O) groups excluding carboxylic acids is 1. The van der Waals surface area contributed by atoms with Crippen LogP contribution in [0.25, 0.3) is 0 Å². The second kappa shape index (κ2) is 6.16. The monoisotopic (exact) mass is 255 g/mol. The van der Waals surface area contributed by atoms with Crippen LogP contribution in [-0.2, 0) is 4.79 Å². The predicted molar refractivity (Wildman–Crippen MR) is 74.4 cm³/mol. The molecule has 3 heteroatoms. The van der Waals surface area contributed by atoms with E-state index in [0.717, 1.165) is 5.56 Å². The Morgan fingerprint density at radius 1 is 0.947 bits per heavy atom. The van der Waals surface area contributed by atoms with Crippen molar-refractivity contribution in [1.29, 1.82) is 0 Å². The quantitative estimate of drug-likeness (QED) is 0.882. The average molecular weight is 255 g/mol. The number of hydrogen-bond acceptors (Lipinski definition) is 2. The van der Waals surface area contributed by atoms with E-state index in [-0.39, 0.29) is 11.9 Å². The molecule has 0 fully saturated rings. The summed E-state index contributed by atoms with van der Waals surface area (Å²) in [5.41, 5.74) is 1.61. The van der Waals surface area contributed by atoms with Gasteiger partial charge in [-0.25, -0.2) is 0 Å². The lowest BCUT2D eigenvalue weighted by atomic mass is 10.1. The molecular formula is C16H17NO2. The molecule has 0 saturated heterocycles. The van der Waals surface area contributed by atoms with Gasteiger partial charge < -0.3 is 10.4 Å². The summed E-state index contributed by atoms with van der Waals surface area (Å²) in [6.45, 7) is 1.89. The number of benzene rings is 2. The number of amides is 1. The van der Waals surface area contributed by atoms with Gasteiger partial charge in [0.15, 0.2) is 6.10 Å². The van der Waals surface area contributed by atoms with Crippen molar-refractivity contribution in [3.05, 3.63) is 71.8 Å². The van der Waals surface area contributed by atoms with Gasteiger partial charge in [0.2, 0.25) is 0 Å². The molecule has 0 unspecified atom stereocenters. The maximum atomic E-state index is 12.0. The van der Waals surface area contributed by atoms with E-state index in [1.165, 1.54) is 0 Å². The maximum Gasteiger partial charge on any atom is 0.253 e. The molecule has 2 rings (SSSR count). The molecule has 19 heavy (non-hydrogen) atoms. The van der Waals surface area contributed by atoms with Crippen molar-refractivity contribution in [2.75, 3.05) is 0 Å². The zero-order chi connectivity index (χ0) is 13.7. The molecule has 0 saturated carbocycles. The van der Waals surface area contributed by atoms with Crippen LogP contribution >= 0.6 is 0 Å². The minimum atomic E-state index is -1.13. The fraction of sp³-hybridized carbons (Fsp3) is 0.188. The SMILES string of the molecule is C[C@H](NC(=O)[C@H](O)c1ccccc1)c1ccccc1. The van der Waals surface area contributed by atoms with Gasteiger partial charge in [0.05, 0.1) is 6.04 Å². The van der Waals surface area contributed by atoms with E-state index < -0.39 is 6.10 Å². The van der Waals surface area contributed by atoms with Crippen LogP contribution < -0.4 is 5.32 Å². The van der Waals surface area contributed by atoms with Gasteiger partial charge in [-0.1, -0.05) is 60.7 Å². The first-order valence-electron chi connectivity index (χ1n) is 6.27. The van der Waals surface area contributed by atoms with Crippen LogP contribution in [0.5, 0.6) is 0 Å². The van der Waals surface area contributed by atoms with Crippen LogP contribution in [0.2, 0.25) is 0 Å². The van der Waals surface area contributed by atoms with Gasteiger partial charge in [-0.3, -0.25) is 4.79 Å². The zero-order valence-corrected chi connectivity index (χ0v) is 10.8. The molecule has 0 aliphatic heterocycles. The highest BCUT2D eigenvalue weighted by atomic mass is 16.3. The highest BCUT2D eigenvalue weighted by Gasteiger charge is 2.19. The largest absolute Gasteiger partial charge is 0.378 e. The number of aliphatic hydroxyl groups excluding tert-OH is 1. The zero-order valence-electron chi connectivity index (χ0n) is 10.8. The Bertz CT molecular complexity index is 525. The standard InChI is InChI=1S/C16H17NO2/c1-12(13-8-4-2-5-9-13)17-16(19)15(18)14-10-6-3-7-11-14/h2-12,15,18H,1H3,(H,17,19)/t12-,15+/m0/s1. The minimum Gasteiger partial charge on any atom is -0.378 e. The lowest BCUT2D eigenvalue weighted by Gasteiger charge is -2.17. The van der Waals surface area contributed by atoms with E-state index in [9.17, 15) is 9.90 Å². The molecule has 0 aliphatic rings. The Hall–Kier alpha value is -2.13. The third-order valence-corrected chi connectivity index (χ3v) is 3.02. The molecule has 2 aromatic carbocycles. The van der Waals surface area contributed by atoms with Crippen molar-refractivity contribution in [3.63, 3.8) is 0 Å². The number of hydrogen-bond donors (Lipinski definition) is 2. The van der Waals surface area contributed by atoms with E-state index in [4.69, 9.17) is 0 Å². The molecular weight excluding hydrogens is 238 g/mol. The van der Waals surface area contributed by atoms with Gasteiger partial charge in [0.1, 0.15) is 0 Å². The van der Waals surface area contributed by atoms with Gasteiger partial charge in [0.25, 0.3) is 5.91 Å². The third kappa shape index (κ3) is 3.42. The van der Waals surface area contributed by atoms with Crippen molar-refractivity contribution >= 4 is 5.91 Å². The van der Waals surface area contributed by atoms with Crippen LogP contribution in [0, 0.1) is 0 Å². The number of nitrogens with one attached hydrogen (secondary N) is 1. The summed E-state index contributed by atoms with van der Waals surface area (Å²) in [6, 6.07) is 18.4. The van der Waals surface area contributed by atoms with E-state index in [1.807, 2.05) is 43.3 Å². The van der Waals surface area contributed by atoms with Crippen molar-refractivity contribution in [2.24, 2.45) is 0 Å². The molecule has 98 valence electrons. The minimum absolute atomic E-state index is 0.132. The van der Waals surface area contributed by atoms with Gasteiger partial charge >= 0.3 is 0 Å². The lowest BCUT2D eigenvalue weighted by molar-refractivity contribution is -0.130. The topological polar surface area (TPSA) is 49.3 Å². The molecule has 2 N–H and O–H groups in total. The molecule has 0 spiro atoms. The molecule has 3 nitrogen and oxygen atoms in total. The number of rotatable bonds is 4. The third-order valence-electron chi connectivity index (χ3n) is 3.02. The first-order chi connectivity index (χ1) is 9.18. The summed E-state index contributed by atoms with van der Waals surface area (Å²) in [5, 5.41) is 12.8. The van der Waals surface area contributed by atoms with Crippen molar-refractivity contribution in [2.45, 2.75) is 19.1 Å². The normalized spacial score (nSPS) is 13.6. The summed E-state index contributed by atoms with van der Waals surface area (Å²) in [5.74, 6) is -0.387. The Morgan fingerprint density at radius 2 is 1.42 bits per heavy atom. The molecule has 0 radical (unpaired) electrons. The highest BCUT2D eigenvalue weighted by molar-refractivity contribution is 5.82. The van der Waals surface area contributed by atoms with Crippen molar-refractivity contribution < 1.29 is 9.90 Å². The molecule has 2 atom stereocenters. The maximum absolute atomic E-state index is 12.0. The average Bonchev–Trinajstić information content (AvgIpc) is 2.48. The first kappa shape index (κ1) is 13.3. The smallest absolute Gasteiger partial charge is 0.253 e. The van der Waals surface area contributed by atoms with Crippen LogP contribution in [-0.4, -0.2) is 11.0 Å². The Kier molecular flexibility index (Phi) is 4.31. The fourth-order valence-electron chi connectivity index (χ4n) is 1.90. The Balaban J connectivity index is 2.02. The molecule has 2 aromatic rings. The van der Waals surface area contributed by atoms with Crippen LogP contribution in [0.4, 0.5) is 0 Å². The summed E-state index contributed by atoms with van der Waals surface area (Å²) < 4.78 is 0. The first-order valence-corrected chi connectivity index (χ1v) is 6.27. The van der Waals surface area contributed by atoms with Gasteiger partial charge in [-0.2, -0.15) is 0 Å². The Labute approximate surface area is 112 Å². The van der Waals surface area contributed by atoms with Crippen LogP contribution in [0.1, 0.15) is 30.2 Å². The predicted octanol–water partition coefficient (Wildman–Crippen LogP) is 2.60. The molecule has 1 amide bonds. The summed E-state index contributed by atoms with van der Waals surface area (Å²) >= 11 is 0. The fourth-order valence-corrected chi connectivity index (χ4v) is 1.90. The van der Waals surface area contributed by atoms with E-state index >= 15 is 0 Å². The van der Waals surface area contributed by atoms with E-state index in [0.29, 0.717) is 5.56 Å². The van der Waals surface area contributed by atoms with Crippen LogP contribution in [0.3, 0.4) is 0 Å². The summed E-state index contributed by atoms with van der Waals surface area (Å²) in [6.07, 6.45) is -1.13. The van der Waals surface area contributed by atoms with Crippen molar-refractivity contribution in [1.82, 2.24) is 5.32 Å². The van der Waals surface area contributed by atoms with Gasteiger partial charge in [0, 0.05) is 0 Å². The summed E-state index contributed by atoms with van der Waals surface area (Å²) in [7, 11) is 0. The molecule has 0 heterocycles. The summed E-state index contributed by atoms with van der Waals surface area (Å²) in [4.78, 5) is 12.0. The molecule has 0 bridgehead atoms. The van der Waals surface area contributed by atoms with Gasteiger partial charge in [-0.05, 0) is 18.1 Å². The van der Waals surface area contributed by atoms with Crippen LogP contribution in [0.15, 0.2) is 60.7 Å². The number of aliphatic hydroxyl groups is 1. The molecule has 0 aliphatic carbocycles. The highest BCUT2D eigenvalue weighted by Crippen LogP contribution is 2.16. The van der Waals surface area contributed by atoms with E-state index in [1.54, 1.807) is 24.3 Å². The number of carbonyl (C=O) groups is 1. The second-order valence-corrected chi connectivity index (χ2v) is 4.45. The van der Waals surface area contributed by atoms with Crippen molar-refractivity contribution in [3.8, 4) is 0 Å². The van der Waals surface area contributed by atoms with Gasteiger partial charge in [-0.15, -0.1) is 0 Å².